The van der Waals surface area contributed by atoms with Crippen LogP contribution in [0.4, 0.5) is 14.5 Å². The van der Waals surface area contributed by atoms with E-state index in [9.17, 15) is 18.9 Å². The van der Waals surface area contributed by atoms with Crippen LogP contribution in [0, 0.1) is 28.7 Å². The van der Waals surface area contributed by atoms with Crippen molar-refractivity contribution in [2.45, 2.75) is 12.3 Å². The van der Waals surface area contributed by atoms with E-state index in [2.05, 4.69) is 15.9 Å². The number of aryl methyl sites for hydroxylation is 1. The Hall–Kier alpha value is -2.02. The maximum atomic E-state index is 13.8. The molecule has 0 spiro atoms. The normalized spacial score (nSPS) is 10.5. The van der Waals surface area contributed by atoms with Crippen LogP contribution in [0.1, 0.15) is 11.1 Å². The molecule has 0 fully saturated rings. The van der Waals surface area contributed by atoms with E-state index in [0.717, 1.165) is 12.1 Å². The van der Waals surface area contributed by atoms with Gasteiger partial charge in [-0.2, -0.15) is 0 Å². The zero-order chi connectivity index (χ0) is 15.6. The summed E-state index contributed by atoms with van der Waals surface area (Å²) in [6, 6.07) is 6.36. The van der Waals surface area contributed by atoms with E-state index < -0.39 is 22.3 Å². The third kappa shape index (κ3) is 3.36. The van der Waals surface area contributed by atoms with Crippen molar-refractivity contribution < 1.29 is 18.4 Å². The molecule has 0 saturated carbocycles. The lowest BCUT2D eigenvalue weighted by Crippen LogP contribution is -1.98. The predicted molar refractivity (Wildman–Crippen MR) is 76.9 cm³/mol. The van der Waals surface area contributed by atoms with Gasteiger partial charge in [-0.05, 0) is 36.2 Å². The Bertz CT molecular complexity index is 684. The molecule has 0 radical (unpaired) electrons. The molecule has 7 heteroatoms. The third-order valence-corrected chi connectivity index (χ3v) is 3.38. The molecule has 110 valence electrons. The largest absolute Gasteiger partial charge is 0.444 e. The Balaban J connectivity index is 2.46. The second kappa shape index (κ2) is 6.17. The second-order valence-electron chi connectivity index (χ2n) is 4.35. The van der Waals surface area contributed by atoms with E-state index in [0.29, 0.717) is 11.1 Å². The topological polar surface area (TPSA) is 52.4 Å². The lowest BCUT2D eigenvalue weighted by molar-refractivity contribution is -0.385. The Morgan fingerprint density at radius 2 is 1.86 bits per heavy atom. The fraction of sp³-hybridized carbons (Fsp3) is 0.143. The quantitative estimate of drug-likeness (QED) is 0.445. The minimum atomic E-state index is -0.917. The van der Waals surface area contributed by atoms with Crippen LogP contribution in [-0.4, -0.2) is 4.92 Å². The van der Waals surface area contributed by atoms with E-state index in [1.54, 1.807) is 13.0 Å². The molecule has 0 unspecified atom stereocenters. The Morgan fingerprint density at radius 1 is 1.24 bits per heavy atom. The van der Waals surface area contributed by atoms with Crippen molar-refractivity contribution in [3.05, 3.63) is 63.2 Å². The van der Waals surface area contributed by atoms with Crippen LogP contribution in [-0.2, 0) is 5.33 Å². The van der Waals surface area contributed by atoms with Crippen molar-refractivity contribution in [2.75, 3.05) is 0 Å². The van der Waals surface area contributed by atoms with E-state index >= 15 is 0 Å². The summed E-state index contributed by atoms with van der Waals surface area (Å²) in [6.07, 6.45) is 0. The number of rotatable bonds is 4. The Kier molecular flexibility index (Phi) is 4.52. The van der Waals surface area contributed by atoms with Gasteiger partial charge in [0.1, 0.15) is 0 Å². The molecule has 0 bridgehead atoms. The van der Waals surface area contributed by atoms with Gasteiger partial charge < -0.3 is 4.74 Å². The Labute approximate surface area is 127 Å². The summed E-state index contributed by atoms with van der Waals surface area (Å²) in [5.74, 6) is -2.71. The second-order valence-corrected chi connectivity index (χ2v) is 4.91. The number of hydrogen-bond donors (Lipinski definition) is 0. The number of ether oxygens (including phenoxy) is 1. The maximum absolute atomic E-state index is 13.8. The van der Waals surface area contributed by atoms with Gasteiger partial charge in [0.05, 0.1) is 4.92 Å². The number of hydrogen-bond acceptors (Lipinski definition) is 3. The molecule has 2 aromatic rings. The van der Waals surface area contributed by atoms with Gasteiger partial charge in [0.25, 0.3) is 0 Å². The van der Waals surface area contributed by atoms with Gasteiger partial charge in [-0.3, -0.25) is 10.1 Å². The van der Waals surface area contributed by atoms with Gasteiger partial charge >= 0.3 is 5.69 Å². The van der Waals surface area contributed by atoms with Crippen molar-refractivity contribution in [3.8, 4) is 11.5 Å². The number of nitro benzene ring substituents is 1. The fourth-order valence-corrected chi connectivity index (χ4v) is 2.08. The first kappa shape index (κ1) is 15.4. The average molecular weight is 358 g/mol. The van der Waals surface area contributed by atoms with Gasteiger partial charge in [-0.15, -0.1) is 0 Å². The van der Waals surface area contributed by atoms with Crippen molar-refractivity contribution >= 4 is 21.6 Å². The van der Waals surface area contributed by atoms with Crippen LogP contribution in [0.5, 0.6) is 11.5 Å². The molecular weight excluding hydrogens is 348 g/mol. The molecule has 0 aliphatic heterocycles. The minimum absolute atomic E-state index is 0.213. The van der Waals surface area contributed by atoms with Crippen LogP contribution in [0.15, 0.2) is 30.3 Å². The lowest BCUT2D eigenvalue weighted by atomic mass is 10.2. The van der Waals surface area contributed by atoms with Crippen molar-refractivity contribution in [3.63, 3.8) is 0 Å². The molecule has 0 aliphatic rings. The maximum Gasteiger partial charge on any atom is 0.311 e. The molecule has 0 N–H and O–H groups in total. The highest BCUT2D eigenvalue weighted by atomic mass is 79.9. The van der Waals surface area contributed by atoms with Gasteiger partial charge in [-0.1, -0.05) is 22.0 Å². The number of alkyl halides is 1. The van der Waals surface area contributed by atoms with E-state index in [1.165, 1.54) is 12.1 Å². The summed E-state index contributed by atoms with van der Waals surface area (Å²) in [5.41, 5.74) is 0.693. The highest BCUT2D eigenvalue weighted by molar-refractivity contribution is 9.08. The zero-order valence-electron chi connectivity index (χ0n) is 10.9. The monoisotopic (exact) mass is 357 g/mol. The van der Waals surface area contributed by atoms with Gasteiger partial charge in [0.15, 0.2) is 17.4 Å². The number of halogens is 3. The average Bonchev–Trinajstić information content (AvgIpc) is 2.43. The third-order valence-electron chi connectivity index (χ3n) is 2.74. The molecule has 0 atom stereocenters. The zero-order valence-corrected chi connectivity index (χ0v) is 12.5. The molecule has 0 saturated heterocycles. The van der Waals surface area contributed by atoms with Crippen LogP contribution >= 0.6 is 15.9 Å². The van der Waals surface area contributed by atoms with Gasteiger partial charge in [-0.25, -0.2) is 8.78 Å². The number of benzene rings is 2. The standard InChI is InChI=1S/C14H10BrF2NO3/c1-8-2-3-13(12(4-8)18(19)20)21-14-10(16)5-9(7-15)6-11(14)17/h2-6H,7H2,1H3. The molecule has 4 nitrogen and oxygen atoms in total. The molecule has 21 heavy (non-hydrogen) atoms. The van der Waals surface area contributed by atoms with Crippen LogP contribution < -0.4 is 4.74 Å². The highest BCUT2D eigenvalue weighted by Gasteiger charge is 2.20. The fourth-order valence-electron chi connectivity index (χ4n) is 1.75. The predicted octanol–water partition coefficient (Wildman–Crippen LogP) is 4.87. The summed E-state index contributed by atoms with van der Waals surface area (Å²) in [7, 11) is 0. The molecule has 0 aliphatic carbocycles. The summed E-state index contributed by atoms with van der Waals surface area (Å²) >= 11 is 3.09. The number of nitrogens with zero attached hydrogens (tertiary/aromatic N) is 1. The first-order valence-electron chi connectivity index (χ1n) is 5.89. The summed E-state index contributed by atoms with van der Waals surface area (Å²) in [6.45, 7) is 1.67. The number of nitro groups is 1. The minimum Gasteiger partial charge on any atom is -0.444 e. The van der Waals surface area contributed by atoms with Crippen LogP contribution in [0.2, 0.25) is 0 Å². The lowest BCUT2D eigenvalue weighted by Gasteiger charge is -2.10. The molecular formula is C14H10BrF2NO3. The van der Waals surface area contributed by atoms with Gasteiger partial charge in [0.2, 0.25) is 5.75 Å². The van der Waals surface area contributed by atoms with Crippen molar-refractivity contribution in [1.29, 1.82) is 0 Å². The summed E-state index contributed by atoms with van der Waals surface area (Å²) < 4.78 is 32.8. The first-order valence-corrected chi connectivity index (χ1v) is 7.01. The highest BCUT2D eigenvalue weighted by Crippen LogP contribution is 2.35. The molecule has 0 aromatic heterocycles. The summed E-state index contributed by atoms with van der Waals surface area (Å²) in [5, 5.41) is 11.2. The molecule has 2 aromatic carbocycles. The molecule has 0 amide bonds. The molecule has 0 heterocycles. The van der Waals surface area contributed by atoms with E-state index in [1.807, 2.05) is 0 Å². The summed E-state index contributed by atoms with van der Waals surface area (Å²) in [4.78, 5) is 10.3. The van der Waals surface area contributed by atoms with E-state index in [4.69, 9.17) is 4.74 Å². The SMILES string of the molecule is Cc1ccc(Oc2c(F)cc(CBr)cc2F)c([N+](=O)[O-])c1. The smallest absolute Gasteiger partial charge is 0.311 e. The van der Waals surface area contributed by atoms with Crippen molar-refractivity contribution in [1.82, 2.24) is 0 Å². The van der Waals surface area contributed by atoms with Crippen LogP contribution in [0.25, 0.3) is 0 Å². The molecule has 2 rings (SSSR count). The van der Waals surface area contributed by atoms with Gasteiger partial charge in [0, 0.05) is 11.4 Å². The first-order chi connectivity index (χ1) is 9.92. The van der Waals surface area contributed by atoms with E-state index in [-0.39, 0.29) is 16.8 Å². The van der Waals surface area contributed by atoms with Crippen molar-refractivity contribution in [2.24, 2.45) is 0 Å². The van der Waals surface area contributed by atoms with Crippen LogP contribution in [0.3, 0.4) is 0 Å². The Morgan fingerprint density at radius 3 is 2.38 bits per heavy atom.